The molecule has 0 bridgehead atoms. The van der Waals surface area contributed by atoms with Crippen LogP contribution >= 0.6 is 0 Å². The molecule has 2 aromatic carbocycles. The zero-order chi connectivity index (χ0) is 17.3. The van der Waals surface area contributed by atoms with Crippen molar-refractivity contribution in [3.8, 4) is 5.75 Å². The second-order valence-electron chi connectivity index (χ2n) is 5.95. The summed E-state index contributed by atoms with van der Waals surface area (Å²) in [7, 11) is 1.58. The maximum Gasteiger partial charge on any atom is 0.259 e. The minimum atomic E-state index is -0.221. The highest BCUT2D eigenvalue weighted by atomic mass is 16.5. The van der Waals surface area contributed by atoms with E-state index in [2.05, 4.69) is 17.6 Å². The van der Waals surface area contributed by atoms with Gasteiger partial charge in [-0.1, -0.05) is 19.1 Å². The highest BCUT2D eigenvalue weighted by Gasteiger charge is 2.31. The SMILES string of the molecule is CNC(=O)c1ccc(NC(=O)c2cccc3c2O[C@@H](C)[C@@H]3C)cc1. The Bertz CT molecular complexity index is 784. The van der Waals surface area contributed by atoms with E-state index in [9.17, 15) is 9.59 Å². The second kappa shape index (κ2) is 6.35. The third kappa shape index (κ3) is 2.85. The molecule has 5 nitrogen and oxygen atoms in total. The molecule has 1 aliphatic rings. The lowest BCUT2D eigenvalue weighted by molar-refractivity contribution is 0.0962. The van der Waals surface area contributed by atoms with Crippen LogP contribution < -0.4 is 15.4 Å². The number of carbonyl (C=O) groups is 2. The number of benzene rings is 2. The number of fused-ring (bicyclic) bond motifs is 1. The van der Waals surface area contributed by atoms with Gasteiger partial charge in [-0.05, 0) is 37.3 Å². The van der Waals surface area contributed by atoms with Crippen LogP contribution in [0.15, 0.2) is 42.5 Å². The van der Waals surface area contributed by atoms with Gasteiger partial charge in [-0.2, -0.15) is 0 Å². The molecule has 0 unspecified atom stereocenters. The summed E-state index contributed by atoms with van der Waals surface area (Å²) in [6.07, 6.45) is 0.0563. The average Bonchev–Trinajstić information content (AvgIpc) is 2.89. The molecule has 0 spiro atoms. The molecule has 1 heterocycles. The van der Waals surface area contributed by atoms with Gasteiger partial charge >= 0.3 is 0 Å². The van der Waals surface area contributed by atoms with Crippen molar-refractivity contribution in [3.63, 3.8) is 0 Å². The predicted molar refractivity (Wildman–Crippen MR) is 92.7 cm³/mol. The zero-order valence-electron chi connectivity index (χ0n) is 13.9. The number of amides is 2. The van der Waals surface area contributed by atoms with E-state index in [1.54, 1.807) is 37.4 Å². The standard InChI is InChI=1S/C19H20N2O3/c1-11-12(2)24-17-15(11)5-4-6-16(17)19(23)21-14-9-7-13(8-10-14)18(22)20-3/h4-12H,1-3H3,(H,20,22)(H,21,23)/t11-,12-/m0/s1. The fraction of sp³-hybridized carbons (Fsp3) is 0.263. The molecule has 0 saturated carbocycles. The summed E-state index contributed by atoms with van der Waals surface area (Å²) in [4.78, 5) is 24.1. The molecule has 2 amide bonds. The van der Waals surface area contributed by atoms with E-state index in [1.165, 1.54) is 0 Å². The summed E-state index contributed by atoms with van der Waals surface area (Å²) in [5.41, 5.74) is 2.76. The molecule has 0 radical (unpaired) electrons. The quantitative estimate of drug-likeness (QED) is 0.911. The lowest BCUT2D eigenvalue weighted by Crippen LogP contribution is -2.18. The number of ether oxygens (including phenoxy) is 1. The topological polar surface area (TPSA) is 67.4 Å². The van der Waals surface area contributed by atoms with E-state index in [1.807, 2.05) is 19.1 Å². The Labute approximate surface area is 141 Å². The third-order valence-corrected chi connectivity index (χ3v) is 4.42. The lowest BCUT2D eigenvalue weighted by atomic mass is 9.97. The summed E-state index contributed by atoms with van der Waals surface area (Å²) < 4.78 is 5.86. The first-order valence-corrected chi connectivity index (χ1v) is 7.94. The highest BCUT2D eigenvalue weighted by molar-refractivity contribution is 6.07. The van der Waals surface area contributed by atoms with Gasteiger partial charge in [-0.25, -0.2) is 0 Å². The number of hydrogen-bond donors (Lipinski definition) is 2. The Balaban J connectivity index is 1.81. The Hall–Kier alpha value is -2.82. The van der Waals surface area contributed by atoms with Crippen molar-refractivity contribution < 1.29 is 14.3 Å². The molecule has 3 rings (SSSR count). The molecule has 1 aliphatic heterocycles. The van der Waals surface area contributed by atoms with E-state index >= 15 is 0 Å². The van der Waals surface area contributed by atoms with Crippen LogP contribution in [0.2, 0.25) is 0 Å². The van der Waals surface area contributed by atoms with E-state index in [0.717, 1.165) is 5.56 Å². The number of nitrogens with one attached hydrogen (secondary N) is 2. The Morgan fingerprint density at radius 2 is 1.71 bits per heavy atom. The van der Waals surface area contributed by atoms with Gasteiger partial charge in [-0.3, -0.25) is 9.59 Å². The molecular weight excluding hydrogens is 304 g/mol. The maximum absolute atomic E-state index is 12.6. The number of para-hydroxylation sites is 1. The molecule has 0 aromatic heterocycles. The average molecular weight is 324 g/mol. The Morgan fingerprint density at radius 1 is 1.00 bits per heavy atom. The molecular formula is C19H20N2O3. The maximum atomic E-state index is 12.6. The zero-order valence-corrected chi connectivity index (χ0v) is 13.9. The largest absolute Gasteiger partial charge is 0.489 e. The smallest absolute Gasteiger partial charge is 0.259 e. The normalized spacial score (nSPS) is 18.5. The second-order valence-corrected chi connectivity index (χ2v) is 5.95. The highest BCUT2D eigenvalue weighted by Crippen LogP contribution is 2.40. The van der Waals surface area contributed by atoms with Crippen molar-refractivity contribution in [1.82, 2.24) is 5.32 Å². The third-order valence-electron chi connectivity index (χ3n) is 4.42. The Morgan fingerprint density at radius 3 is 2.38 bits per heavy atom. The van der Waals surface area contributed by atoms with Crippen LogP contribution in [0.5, 0.6) is 5.75 Å². The van der Waals surface area contributed by atoms with Crippen LogP contribution in [0.1, 0.15) is 46.0 Å². The van der Waals surface area contributed by atoms with Gasteiger partial charge in [0.25, 0.3) is 11.8 Å². The number of anilines is 1. The molecule has 2 N–H and O–H groups in total. The van der Waals surface area contributed by atoms with Crippen LogP contribution in [-0.4, -0.2) is 25.0 Å². The van der Waals surface area contributed by atoms with Crippen molar-refractivity contribution in [2.45, 2.75) is 25.9 Å². The molecule has 2 atom stereocenters. The van der Waals surface area contributed by atoms with Crippen LogP contribution in [0, 0.1) is 0 Å². The summed E-state index contributed by atoms with van der Waals surface area (Å²) in [5, 5.41) is 5.41. The molecule has 0 saturated heterocycles. The monoisotopic (exact) mass is 324 g/mol. The van der Waals surface area contributed by atoms with Crippen LogP contribution in [0.4, 0.5) is 5.69 Å². The van der Waals surface area contributed by atoms with Gasteiger partial charge in [0.05, 0.1) is 5.56 Å². The first kappa shape index (κ1) is 16.1. The van der Waals surface area contributed by atoms with Gasteiger partial charge in [0, 0.05) is 29.8 Å². The summed E-state index contributed by atoms with van der Waals surface area (Å²) in [6.45, 7) is 4.10. The fourth-order valence-corrected chi connectivity index (χ4v) is 2.81. The summed E-state index contributed by atoms with van der Waals surface area (Å²) in [5.74, 6) is 0.544. The van der Waals surface area contributed by atoms with Crippen molar-refractivity contribution in [1.29, 1.82) is 0 Å². The fourth-order valence-electron chi connectivity index (χ4n) is 2.81. The van der Waals surface area contributed by atoms with Crippen LogP contribution in [-0.2, 0) is 0 Å². The number of carbonyl (C=O) groups excluding carboxylic acids is 2. The minimum absolute atomic E-state index is 0.0563. The molecule has 5 heteroatoms. The van der Waals surface area contributed by atoms with Gasteiger partial charge in [0.15, 0.2) is 0 Å². The molecule has 2 aromatic rings. The van der Waals surface area contributed by atoms with Gasteiger partial charge in [-0.15, -0.1) is 0 Å². The van der Waals surface area contributed by atoms with Gasteiger partial charge < -0.3 is 15.4 Å². The molecule has 0 aliphatic carbocycles. The van der Waals surface area contributed by atoms with Crippen LogP contribution in [0.25, 0.3) is 0 Å². The van der Waals surface area contributed by atoms with Crippen molar-refractivity contribution >= 4 is 17.5 Å². The van der Waals surface area contributed by atoms with Crippen molar-refractivity contribution in [2.24, 2.45) is 0 Å². The van der Waals surface area contributed by atoms with E-state index in [0.29, 0.717) is 22.6 Å². The first-order valence-electron chi connectivity index (χ1n) is 7.94. The molecule has 0 fully saturated rings. The van der Waals surface area contributed by atoms with Gasteiger partial charge in [0.2, 0.25) is 0 Å². The van der Waals surface area contributed by atoms with Gasteiger partial charge in [0.1, 0.15) is 11.9 Å². The summed E-state index contributed by atoms with van der Waals surface area (Å²) in [6, 6.07) is 12.4. The first-order chi connectivity index (χ1) is 11.5. The molecule has 24 heavy (non-hydrogen) atoms. The predicted octanol–water partition coefficient (Wildman–Crippen LogP) is 3.18. The van der Waals surface area contributed by atoms with Crippen molar-refractivity contribution in [2.75, 3.05) is 12.4 Å². The van der Waals surface area contributed by atoms with Crippen molar-refractivity contribution in [3.05, 3.63) is 59.2 Å². The Kier molecular flexibility index (Phi) is 4.25. The molecule has 124 valence electrons. The number of rotatable bonds is 3. The lowest BCUT2D eigenvalue weighted by Gasteiger charge is -2.10. The van der Waals surface area contributed by atoms with Crippen LogP contribution in [0.3, 0.4) is 0 Å². The van der Waals surface area contributed by atoms with E-state index in [4.69, 9.17) is 4.74 Å². The number of hydrogen-bond acceptors (Lipinski definition) is 3. The summed E-state index contributed by atoms with van der Waals surface area (Å²) >= 11 is 0. The van der Waals surface area contributed by atoms with E-state index in [-0.39, 0.29) is 23.8 Å². The van der Waals surface area contributed by atoms with E-state index < -0.39 is 0 Å². The minimum Gasteiger partial charge on any atom is -0.489 e.